The molecule has 10 nitrogen and oxygen atoms in total. The molecule has 1 N–H and O–H groups in total. The van der Waals surface area contributed by atoms with Gasteiger partial charge in [-0.25, -0.2) is 27.8 Å². The molecule has 208 valence electrons. The summed E-state index contributed by atoms with van der Waals surface area (Å²) in [5.41, 5.74) is -1.90. The van der Waals surface area contributed by atoms with Gasteiger partial charge in [0, 0.05) is 30.7 Å². The number of alkyl halides is 3. The van der Waals surface area contributed by atoms with Crippen LogP contribution in [0.2, 0.25) is 0 Å². The van der Waals surface area contributed by atoms with Crippen molar-refractivity contribution in [3.8, 4) is 6.07 Å². The third kappa shape index (κ3) is 5.11. The van der Waals surface area contributed by atoms with E-state index in [1.165, 1.54) is 25.1 Å². The van der Waals surface area contributed by atoms with Crippen LogP contribution in [0.25, 0.3) is 4.85 Å². The molecule has 2 aliphatic rings. The van der Waals surface area contributed by atoms with Gasteiger partial charge >= 0.3 is 18.2 Å². The first-order chi connectivity index (χ1) is 18.7. The Balaban J connectivity index is 2.01. The highest BCUT2D eigenvalue weighted by Gasteiger charge is 2.47. The van der Waals surface area contributed by atoms with Crippen LogP contribution in [0.1, 0.15) is 36.1 Å². The monoisotopic (exact) mass is 573 g/mol. The zero-order valence-corrected chi connectivity index (χ0v) is 22.0. The molecule has 2 aromatic carbocycles. The van der Waals surface area contributed by atoms with E-state index in [1.54, 1.807) is 0 Å². The van der Waals surface area contributed by atoms with Crippen LogP contribution in [0.4, 0.5) is 28.4 Å². The number of aliphatic hydroxyl groups excluding tert-OH is 1. The number of aliphatic hydroxyl groups is 1. The maximum Gasteiger partial charge on any atom is 0.416 e. The molecule has 0 unspecified atom stereocenters. The number of β-amino-alcohol motifs (C(OH)–C–C–N with tert-alkyl or cyclic N) is 1. The molecule has 2 aromatic rings. The number of sulfone groups is 1. The van der Waals surface area contributed by atoms with Crippen LogP contribution in [0.3, 0.4) is 0 Å². The third-order valence-electron chi connectivity index (χ3n) is 6.65. The molecule has 0 saturated carbocycles. The number of allylic oxidation sites excluding steroid dienone is 1. The molecule has 14 heteroatoms. The van der Waals surface area contributed by atoms with Gasteiger partial charge in [0.25, 0.3) is 0 Å². The van der Waals surface area contributed by atoms with Crippen LogP contribution in [0.15, 0.2) is 58.8 Å². The van der Waals surface area contributed by atoms with Crippen molar-refractivity contribution >= 4 is 27.6 Å². The number of halogens is 3. The number of nitriles is 1. The lowest BCUT2D eigenvalue weighted by molar-refractivity contribution is -0.137. The second kappa shape index (κ2) is 10.3. The summed E-state index contributed by atoms with van der Waals surface area (Å²) >= 11 is 0. The van der Waals surface area contributed by atoms with E-state index in [1.807, 2.05) is 6.07 Å². The van der Waals surface area contributed by atoms with Crippen molar-refractivity contribution in [1.29, 1.82) is 5.26 Å². The van der Waals surface area contributed by atoms with Gasteiger partial charge in [-0.1, -0.05) is 12.1 Å². The molecule has 2 atom stereocenters. The van der Waals surface area contributed by atoms with Gasteiger partial charge in [-0.3, -0.25) is 4.90 Å². The van der Waals surface area contributed by atoms with Crippen molar-refractivity contribution in [1.82, 2.24) is 9.80 Å². The summed E-state index contributed by atoms with van der Waals surface area (Å²) in [7, 11) is -4.06. The number of carbonyl (C=O) groups excluding carboxylic acids is 2. The lowest BCUT2D eigenvalue weighted by Crippen LogP contribution is -2.55. The Labute approximate surface area is 227 Å². The average Bonchev–Trinajstić information content (AvgIpc) is 3.33. The van der Waals surface area contributed by atoms with E-state index in [-0.39, 0.29) is 47.7 Å². The number of hydrogen-bond acceptors (Lipinski definition) is 6. The summed E-state index contributed by atoms with van der Waals surface area (Å²) in [5, 5.41) is 19.3. The van der Waals surface area contributed by atoms with E-state index in [4.69, 9.17) is 6.57 Å². The Morgan fingerprint density at radius 1 is 1.23 bits per heavy atom. The van der Waals surface area contributed by atoms with Gasteiger partial charge in [0.15, 0.2) is 9.84 Å². The molecule has 1 saturated heterocycles. The molecule has 0 bridgehead atoms. The van der Waals surface area contributed by atoms with Crippen LogP contribution < -0.4 is 4.90 Å². The maximum atomic E-state index is 14.0. The predicted octanol–water partition coefficient (Wildman–Crippen LogP) is 4.30. The number of hydrogen-bond donors (Lipinski definition) is 1. The summed E-state index contributed by atoms with van der Waals surface area (Å²) < 4.78 is 66.0. The van der Waals surface area contributed by atoms with Crippen LogP contribution >= 0.6 is 0 Å². The van der Waals surface area contributed by atoms with Crippen LogP contribution in [0, 0.1) is 17.9 Å². The summed E-state index contributed by atoms with van der Waals surface area (Å²) in [5.74, 6) is 0. The minimum absolute atomic E-state index is 0.0255. The molecule has 4 rings (SSSR count). The fourth-order valence-corrected chi connectivity index (χ4v) is 5.71. The van der Waals surface area contributed by atoms with Crippen molar-refractivity contribution in [3.05, 3.63) is 82.0 Å². The van der Waals surface area contributed by atoms with Gasteiger partial charge in [0.1, 0.15) is 6.04 Å². The predicted molar refractivity (Wildman–Crippen MR) is 135 cm³/mol. The minimum atomic E-state index is -4.74. The molecule has 2 heterocycles. The Morgan fingerprint density at radius 2 is 1.93 bits per heavy atom. The average molecular weight is 574 g/mol. The molecule has 0 radical (unpaired) electrons. The Kier molecular flexibility index (Phi) is 7.36. The number of anilines is 1. The van der Waals surface area contributed by atoms with E-state index in [9.17, 15) is 41.5 Å². The number of urea groups is 2. The van der Waals surface area contributed by atoms with Crippen molar-refractivity contribution in [2.75, 3.05) is 24.2 Å². The SMILES string of the molecule is [C-]#[N+]C1=C(C)N(c2cccc(C(F)(F)F)c2)C(=O)N(C(=O)N2CC[C@@H](O)C2)[C@@H]1c1ccc(C#N)cc1S(C)(=O)=O. The summed E-state index contributed by atoms with van der Waals surface area (Å²) in [6.45, 7) is 9.10. The number of likely N-dealkylation sites (tertiary alicyclic amines) is 1. The van der Waals surface area contributed by atoms with E-state index in [2.05, 4.69) is 4.85 Å². The Morgan fingerprint density at radius 3 is 2.48 bits per heavy atom. The Hall–Kier alpha value is -4.40. The van der Waals surface area contributed by atoms with Crippen molar-refractivity contribution in [3.63, 3.8) is 0 Å². The topological polar surface area (TPSA) is 126 Å². The van der Waals surface area contributed by atoms with Crippen LogP contribution in [-0.2, 0) is 16.0 Å². The van der Waals surface area contributed by atoms with E-state index in [0.717, 1.165) is 34.3 Å². The number of rotatable bonds is 3. The lowest BCUT2D eigenvalue weighted by atomic mass is 9.97. The maximum absolute atomic E-state index is 14.0. The van der Waals surface area contributed by atoms with Crippen molar-refractivity contribution in [2.24, 2.45) is 0 Å². The molecule has 1 fully saturated rings. The molecule has 0 aromatic heterocycles. The minimum Gasteiger partial charge on any atom is -0.391 e. The van der Waals surface area contributed by atoms with Crippen molar-refractivity contribution < 1.29 is 36.3 Å². The summed E-state index contributed by atoms with van der Waals surface area (Å²) in [6.07, 6.45) is -4.57. The first-order valence-corrected chi connectivity index (χ1v) is 13.7. The van der Waals surface area contributed by atoms with Crippen LogP contribution in [-0.4, -0.2) is 60.8 Å². The largest absolute Gasteiger partial charge is 0.416 e. The van der Waals surface area contributed by atoms with Crippen molar-refractivity contribution in [2.45, 2.75) is 36.6 Å². The molecule has 0 spiro atoms. The smallest absolute Gasteiger partial charge is 0.391 e. The number of carbonyl (C=O) groups is 2. The highest BCUT2D eigenvalue weighted by atomic mass is 32.2. The standard InChI is InChI=1S/C26H22F3N5O5S/c1-15-22(31-2)23(20-8-7-16(13-30)11-21(20)40(3,38)39)34(24(36)32-10-9-19(35)14-32)25(37)33(15)18-6-4-5-17(12-18)26(27,28)29/h4-8,11-12,19,23,35H,9-10,14H2,1,3H3/t19-,23-/m1/s1. The fraction of sp³-hybridized carbons (Fsp3) is 0.308. The van der Waals surface area contributed by atoms with E-state index in [0.29, 0.717) is 11.0 Å². The van der Waals surface area contributed by atoms with Gasteiger partial charge < -0.3 is 10.0 Å². The number of imide groups is 1. The normalized spacial score (nSPS) is 20.0. The summed E-state index contributed by atoms with van der Waals surface area (Å²) in [4.78, 5) is 33.5. The molecule has 40 heavy (non-hydrogen) atoms. The fourth-order valence-electron chi connectivity index (χ4n) is 4.76. The van der Waals surface area contributed by atoms with Gasteiger partial charge in [0.05, 0.1) is 34.8 Å². The molecule has 4 amide bonds. The summed E-state index contributed by atoms with van der Waals surface area (Å²) in [6, 6.07) is 5.50. The third-order valence-corrected chi connectivity index (χ3v) is 7.80. The number of nitrogens with zero attached hydrogens (tertiary/aromatic N) is 5. The van der Waals surface area contributed by atoms with E-state index < -0.39 is 50.7 Å². The second-order valence-corrected chi connectivity index (χ2v) is 11.3. The second-order valence-electron chi connectivity index (χ2n) is 9.33. The quantitative estimate of drug-likeness (QED) is 0.546. The van der Waals surface area contributed by atoms with Gasteiger partial charge in [-0.15, -0.1) is 0 Å². The zero-order valence-electron chi connectivity index (χ0n) is 21.2. The lowest BCUT2D eigenvalue weighted by Gasteiger charge is -2.42. The van der Waals surface area contributed by atoms with Gasteiger partial charge in [-0.05, 0) is 49.2 Å². The molecular formula is C26H22F3N5O5S. The molecule has 0 aliphatic carbocycles. The zero-order chi connectivity index (χ0) is 29.6. The highest BCUT2D eigenvalue weighted by Crippen LogP contribution is 2.43. The van der Waals surface area contributed by atoms with Gasteiger partial charge in [-0.2, -0.15) is 18.4 Å². The van der Waals surface area contributed by atoms with Crippen LogP contribution in [0.5, 0.6) is 0 Å². The Bertz CT molecular complexity index is 1620. The highest BCUT2D eigenvalue weighted by molar-refractivity contribution is 7.90. The van der Waals surface area contributed by atoms with E-state index >= 15 is 0 Å². The molecule has 2 aliphatic heterocycles. The molecular weight excluding hydrogens is 551 g/mol. The number of benzene rings is 2. The first-order valence-electron chi connectivity index (χ1n) is 11.8. The number of amides is 4. The first kappa shape index (κ1) is 28.6. The van der Waals surface area contributed by atoms with Gasteiger partial charge in [0.2, 0.25) is 5.70 Å².